The van der Waals surface area contributed by atoms with E-state index in [9.17, 15) is 13.2 Å². The van der Waals surface area contributed by atoms with Crippen molar-refractivity contribution in [2.45, 2.75) is 38.6 Å². The van der Waals surface area contributed by atoms with Gasteiger partial charge in [-0.15, -0.1) is 0 Å². The Morgan fingerprint density at radius 2 is 1.93 bits per heavy atom. The summed E-state index contributed by atoms with van der Waals surface area (Å²) in [5, 5.41) is 2.86. The number of rotatable bonds is 9. The molecular formula is C21H27BrN2O4S. The van der Waals surface area contributed by atoms with Gasteiger partial charge < -0.3 is 10.1 Å². The Morgan fingerprint density at radius 3 is 2.52 bits per heavy atom. The third kappa shape index (κ3) is 6.04. The van der Waals surface area contributed by atoms with Gasteiger partial charge in [0.05, 0.1) is 24.1 Å². The molecule has 6 nitrogen and oxygen atoms in total. The van der Waals surface area contributed by atoms with Crippen LogP contribution in [0.25, 0.3) is 0 Å². The summed E-state index contributed by atoms with van der Waals surface area (Å²) in [5.74, 6) is 0.292. The van der Waals surface area contributed by atoms with Gasteiger partial charge in [-0.25, -0.2) is 8.42 Å². The van der Waals surface area contributed by atoms with Crippen LogP contribution in [0, 0.1) is 6.92 Å². The molecule has 2 rings (SSSR count). The number of hydrogen-bond acceptors (Lipinski definition) is 4. The molecule has 1 N–H and O–H groups in total. The molecule has 0 saturated heterocycles. The Kier molecular flexibility index (Phi) is 8.24. The molecule has 0 aliphatic carbocycles. The lowest BCUT2D eigenvalue weighted by Crippen LogP contribution is -2.41. The molecule has 0 aliphatic heterocycles. The van der Waals surface area contributed by atoms with E-state index in [0.717, 1.165) is 15.6 Å². The molecule has 0 aromatic heterocycles. The van der Waals surface area contributed by atoms with Crippen LogP contribution in [0.4, 0.5) is 0 Å². The number of amides is 1. The quantitative estimate of drug-likeness (QED) is 0.584. The summed E-state index contributed by atoms with van der Waals surface area (Å²) in [6.45, 7) is 7.69. The van der Waals surface area contributed by atoms with E-state index in [1.807, 2.05) is 38.1 Å². The first kappa shape index (κ1) is 23.4. The van der Waals surface area contributed by atoms with Crippen LogP contribution in [-0.4, -0.2) is 38.3 Å². The van der Waals surface area contributed by atoms with E-state index in [1.165, 1.54) is 10.4 Å². The van der Waals surface area contributed by atoms with E-state index < -0.39 is 10.0 Å². The fraction of sp³-hybridized carbons (Fsp3) is 0.381. The van der Waals surface area contributed by atoms with Crippen molar-refractivity contribution in [3.05, 3.63) is 58.1 Å². The van der Waals surface area contributed by atoms with Gasteiger partial charge in [0, 0.05) is 11.0 Å². The Morgan fingerprint density at radius 1 is 1.21 bits per heavy atom. The maximum atomic E-state index is 13.0. The molecule has 0 saturated carbocycles. The lowest BCUT2D eigenvalue weighted by Gasteiger charge is -2.22. The lowest BCUT2D eigenvalue weighted by molar-refractivity contribution is -0.121. The van der Waals surface area contributed by atoms with Crippen LogP contribution in [0.1, 0.15) is 37.9 Å². The summed E-state index contributed by atoms with van der Waals surface area (Å²) in [5.41, 5.74) is 1.66. The minimum atomic E-state index is -3.80. The second-order valence-corrected chi connectivity index (χ2v) is 9.49. The van der Waals surface area contributed by atoms with E-state index in [0.29, 0.717) is 12.4 Å². The molecular weight excluding hydrogens is 456 g/mol. The third-order valence-electron chi connectivity index (χ3n) is 4.48. The molecule has 1 atom stereocenters. The fourth-order valence-corrected chi connectivity index (χ4v) is 4.83. The summed E-state index contributed by atoms with van der Waals surface area (Å²) < 4.78 is 33.6. The lowest BCUT2D eigenvalue weighted by atomic mass is 10.1. The summed E-state index contributed by atoms with van der Waals surface area (Å²) in [6, 6.07) is 12.1. The highest BCUT2D eigenvalue weighted by Crippen LogP contribution is 2.24. The molecule has 8 heteroatoms. The van der Waals surface area contributed by atoms with Crippen molar-refractivity contribution < 1.29 is 17.9 Å². The highest BCUT2D eigenvalue weighted by atomic mass is 79.9. The minimum Gasteiger partial charge on any atom is -0.494 e. The van der Waals surface area contributed by atoms with Crippen LogP contribution in [0.15, 0.2) is 51.8 Å². The van der Waals surface area contributed by atoms with E-state index in [1.54, 1.807) is 26.0 Å². The van der Waals surface area contributed by atoms with E-state index in [2.05, 4.69) is 21.2 Å². The second kappa shape index (κ2) is 10.2. The molecule has 0 unspecified atom stereocenters. The van der Waals surface area contributed by atoms with Gasteiger partial charge in [0.1, 0.15) is 5.75 Å². The van der Waals surface area contributed by atoms with Gasteiger partial charge in [0.15, 0.2) is 0 Å². The van der Waals surface area contributed by atoms with Gasteiger partial charge in [0.25, 0.3) is 0 Å². The topological polar surface area (TPSA) is 75.7 Å². The molecule has 0 fully saturated rings. The Balaban J connectivity index is 2.13. The van der Waals surface area contributed by atoms with Gasteiger partial charge in [-0.2, -0.15) is 4.31 Å². The molecule has 0 bridgehead atoms. The summed E-state index contributed by atoms with van der Waals surface area (Å²) in [4.78, 5) is 12.7. The fourth-order valence-electron chi connectivity index (χ4n) is 2.92. The normalized spacial score (nSPS) is 12.6. The molecule has 29 heavy (non-hydrogen) atoms. The first-order chi connectivity index (χ1) is 13.7. The molecule has 0 spiro atoms. The number of carbonyl (C=O) groups is 1. The Hall–Kier alpha value is -1.90. The van der Waals surface area contributed by atoms with Crippen molar-refractivity contribution >= 4 is 31.9 Å². The smallest absolute Gasteiger partial charge is 0.243 e. The monoisotopic (exact) mass is 482 g/mol. The zero-order valence-corrected chi connectivity index (χ0v) is 19.5. The van der Waals surface area contributed by atoms with Crippen LogP contribution in [-0.2, 0) is 14.8 Å². The minimum absolute atomic E-state index is 0.146. The highest BCUT2D eigenvalue weighted by molar-refractivity contribution is 9.10. The van der Waals surface area contributed by atoms with Crippen molar-refractivity contribution in [3.8, 4) is 5.75 Å². The first-order valence-corrected chi connectivity index (χ1v) is 11.7. The van der Waals surface area contributed by atoms with E-state index in [-0.39, 0.29) is 29.9 Å². The predicted octanol–water partition coefficient (Wildman–Crippen LogP) is 4.04. The van der Waals surface area contributed by atoms with Crippen LogP contribution in [0.5, 0.6) is 5.75 Å². The summed E-state index contributed by atoms with van der Waals surface area (Å²) >= 11 is 3.41. The molecule has 158 valence electrons. The largest absolute Gasteiger partial charge is 0.494 e. The number of nitrogens with zero attached hydrogens (tertiary/aromatic N) is 1. The van der Waals surface area contributed by atoms with Crippen molar-refractivity contribution in [3.63, 3.8) is 0 Å². The molecule has 0 aliphatic rings. The van der Waals surface area contributed by atoms with Crippen LogP contribution in [0.3, 0.4) is 0 Å². The predicted molar refractivity (Wildman–Crippen MR) is 117 cm³/mol. The molecule has 1 amide bonds. The van der Waals surface area contributed by atoms with Gasteiger partial charge in [-0.05, 0) is 62.2 Å². The zero-order chi connectivity index (χ0) is 21.6. The first-order valence-electron chi connectivity index (χ1n) is 9.47. The molecule has 0 heterocycles. The second-order valence-electron chi connectivity index (χ2n) is 6.64. The number of hydrogen-bond donors (Lipinski definition) is 1. The number of benzene rings is 2. The number of nitrogens with one attached hydrogen (secondary N) is 1. The van der Waals surface area contributed by atoms with Crippen molar-refractivity contribution in [2.24, 2.45) is 0 Å². The Labute approximate surface area is 181 Å². The van der Waals surface area contributed by atoms with Gasteiger partial charge in [-0.1, -0.05) is 35.0 Å². The number of sulfonamides is 1. The van der Waals surface area contributed by atoms with Crippen LogP contribution >= 0.6 is 15.9 Å². The van der Waals surface area contributed by atoms with Gasteiger partial charge in [-0.3, -0.25) is 4.79 Å². The van der Waals surface area contributed by atoms with Crippen molar-refractivity contribution in [2.75, 3.05) is 19.7 Å². The Bertz CT molecular complexity index is 963. The maximum Gasteiger partial charge on any atom is 0.243 e. The molecule has 0 radical (unpaired) electrons. The molecule has 2 aromatic carbocycles. The van der Waals surface area contributed by atoms with Crippen LogP contribution in [0.2, 0.25) is 0 Å². The highest BCUT2D eigenvalue weighted by Gasteiger charge is 2.26. The van der Waals surface area contributed by atoms with Gasteiger partial charge >= 0.3 is 0 Å². The number of likely N-dealkylation sites (N-methyl/N-ethyl adjacent to an activating group) is 1. The SMILES string of the molecule is CCOc1ccc(S(=O)(=O)N(CC)CC(=O)N[C@H](C)c2cccc(Br)c2)cc1C. The number of aryl methyl sites for hydroxylation is 1. The van der Waals surface area contributed by atoms with Crippen molar-refractivity contribution in [1.82, 2.24) is 9.62 Å². The summed E-state index contributed by atoms with van der Waals surface area (Å²) in [7, 11) is -3.80. The maximum absolute atomic E-state index is 13.0. The standard InChI is InChI=1S/C21H27BrN2O4S/c1-5-24(14-21(25)23-16(4)17-8-7-9-18(22)13-17)29(26,27)19-10-11-20(28-6-2)15(3)12-19/h7-13,16H,5-6,14H2,1-4H3,(H,23,25)/t16-/m1/s1. The van der Waals surface area contributed by atoms with E-state index in [4.69, 9.17) is 4.74 Å². The third-order valence-corrected chi connectivity index (χ3v) is 6.89. The average molecular weight is 483 g/mol. The number of carbonyl (C=O) groups excluding carboxylic acids is 1. The number of halogens is 1. The zero-order valence-electron chi connectivity index (χ0n) is 17.1. The van der Waals surface area contributed by atoms with Crippen LogP contribution < -0.4 is 10.1 Å². The number of ether oxygens (including phenoxy) is 1. The average Bonchev–Trinajstić information content (AvgIpc) is 2.67. The van der Waals surface area contributed by atoms with Crippen molar-refractivity contribution in [1.29, 1.82) is 0 Å². The summed E-state index contributed by atoms with van der Waals surface area (Å²) in [6.07, 6.45) is 0. The van der Waals surface area contributed by atoms with E-state index >= 15 is 0 Å². The molecule has 2 aromatic rings. The van der Waals surface area contributed by atoms with Gasteiger partial charge in [0.2, 0.25) is 15.9 Å².